The molecule has 122 valence electrons. The van der Waals surface area contributed by atoms with E-state index in [0.29, 0.717) is 11.3 Å². The van der Waals surface area contributed by atoms with E-state index in [1.165, 1.54) is 5.56 Å². The number of nitrogen functional groups attached to an aromatic ring is 1. The van der Waals surface area contributed by atoms with Crippen LogP contribution < -0.4 is 5.73 Å². The van der Waals surface area contributed by atoms with E-state index in [0.717, 1.165) is 24.8 Å². The summed E-state index contributed by atoms with van der Waals surface area (Å²) in [5.41, 5.74) is 8.91. The number of ether oxygens (including phenoxy) is 1. The first-order valence-corrected chi connectivity index (χ1v) is 8.01. The SMILES string of the molecule is CC(C)(C)OC(=O)c1ccc(CCCc2ccccc2)cc1N. The summed E-state index contributed by atoms with van der Waals surface area (Å²) in [5, 5.41) is 0. The standard InChI is InChI=1S/C20H25NO2/c1-20(2,3)23-19(22)17-13-12-16(14-18(17)21)11-7-10-15-8-5-4-6-9-15/h4-6,8-9,12-14H,7,10-11,21H2,1-3H3. The summed E-state index contributed by atoms with van der Waals surface area (Å²) in [6, 6.07) is 16.0. The van der Waals surface area contributed by atoms with Crippen LogP contribution in [-0.2, 0) is 17.6 Å². The van der Waals surface area contributed by atoms with E-state index in [4.69, 9.17) is 10.5 Å². The van der Waals surface area contributed by atoms with Crippen molar-refractivity contribution in [2.45, 2.75) is 45.6 Å². The largest absolute Gasteiger partial charge is 0.456 e. The molecule has 2 aromatic rings. The van der Waals surface area contributed by atoms with Gasteiger partial charge in [-0.3, -0.25) is 0 Å². The second kappa shape index (κ2) is 7.32. The molecule has 0 bridgehead atoms. The van der Waals surface area contributed by atoms with Crippen molar-refractivity contribution in [1.82, 2.24) is 0 Å². The van der Waals surface area contributed by atoms with Crippen LogP contribution in [0.25, 0.3) is 0 Å². The Kier molecular flexibility index (Phi) is 5.43. The minimum atomic E-state index is -0.516. The predicted molar refractivity (Wildman–Crippen MR) is 94.5 cm³/mol. The Labute approximate surface area is 138 Å². The molecule has 0 aliphatic rings. The Morgan fingerprint density at radius 3 is 2.26 bits per heavy atom. The zero-order valence-corrected chi connectivity index (χ0v) is 14.1. The minimum Gasteiger partial charge on any atom is -0.456 e. The Balaban J connectivity index is 1.95. The lowest BCUT2D eigenvalue weighted by molar-refractivity contribution is 0.00708. The van der Waals surface area contributed by atoms with Gasteiger partial charge < -0.3 is 10.5 Å². The molecule has 0 radical (unpaired) electrons. The molecule has 0 spiro atoms. The number of nitrogens with two attached hydrogens (primary N) is 1. The third kappa shape index (κ3) is 5.44. The van der Waals surface area contributed by atoms with Crippen molar-refractivity contribution in [2.24, 2.45) is 0 Å². The summed E-state index contributed by atoms with van der Waals surface area (Å²) in [6.45, 7) is 5.54. The molecule has 0 aromatic heterocycles. The van der Waals surface area contributed by atoms with Gasteiger partial charge in [-0.25, -0.2) is 4.79 Å². The topological polar surface area (TPSA) is 52.3 Å². The van der Waals surface area contributed by atoms with Crippen molar-refractivity contribution in [2.75, 3.05) is 5.73 Å². The number of carbonyl (C=O) groups is 1. The molecule has 3 nitrogen and oxygen atoms in total. The summed E-state index contributed by atoms with van der Waals surface area (Å²) in [7, 11) is 0. The van der Waals surface area contributed by atoms with E-state index < -0.39 is 5.60 Å². The van der Waals surface area contributed by atoms with Crippen molar-refractivity contribution < 1.29 is 9.53 Å². The highest BCUT2D eigenvalue weighted by Gasteiger charge is 2.19. The molecule has 2 aromatic carbocycles. The van der Waals surface area contributed by atoms with Crippen LogP contribution in [0.5, 0.6) is 0 Å². The Bertz CT molecular complexity index is 657. The number of rotatable bonds is 5. The quantitative estimate of drug-likeness (QED) is 0.658. The Hall–Kier alpha value is -2.29. The molecule has 0 heterocycles. The predicted octanol–water partition coefficient (Wildman–Crippen LogP) is 4.40. The van der Waals surface area contributed by atoms with Crippen LogP contribution in [0, 0.1) is 0 Å². The lowest BCUT2D eigenvalue weighted by Crippen LogP contribution is -2.24. The first-order chi connectivity index (χ1) is 10.8. The molecular formula is C20H25NO2. The van der Waals surface area contributed by atoms with E-state index in [2.05, 4.69) is 24.3 Å². The van der Waals surface area contributed by atoms with Crippen LogP contribution in [0.3, 0.4) is 0 Å². The van der Waals surface area contributed by atoms with Gasteiger partial charge in [-0.2, -0.15) is 0 Å². The number of benzene rings is 2. The van der Waals surface area contributed by atoms with Crippen molar-refractivity contribution >= 4 is 11.7 Å². The van der Waals surface area contributed by atoms with Gasteiger partial charge in [0.2, 0.25) is 0 Å². The molecule has 0 unspecified atom stereocenters. The average molecular weight is 311 g/mol. The molecule has 0 saturated heterocycles. The summed E-state index contributed by atoms with van der Waals surface area (Å²) >= 11 is 0. The second-order valence-corrected chi connectivity index (χ2v) is 6.76. The molecule has 0 fully saturated rings. The first kappa shape index (κ1) is 17.1. The molecule has 2 rings (SSSR count). The zero-order chi connectivity index (χ0) is 16.9. The Morgan fingerprint density at radius 2 is 1.65 bits per heavy atom. The lowest BCUT2D eigenvalue weighted by Gasteiger charge is -2.20. The molecular weight excluding hydrogens is 286 g/mol. The molecule has 0 atom stereocenters. The van der Waals surface area contributed by atoms with Crippen molar-refractivity contribution in [3.8, 4) is 0 Å². The van der Waals surface area contributed by atoms with Crippen molar-refractivity contribution in [3.63, 3.8) is 0 Å². The molecule has 0 saturated carbocycles. The number of carbonyl (C=O) groups excluding carboxylic acids is 1. The van der Waals surface area contributed by atoms with Crippen LogP contribution in [0.2, 0.25) is 0 Å². The van der Waals surface area contributed by atoms with Crippen LogP contribution in [0.15, 0.2) is 48.5 Å². The highest BCUT2D eigenvalue weighted by Crippen LogP contribution is 2.20. The van der Waals surface area contributed by atoms with E-state index >= 15 is 0 Å². The number of hydrogen-bond acceptors (Lipinski definition) is 3. The summed E-state index contributed by atoms with van der Waals surface area (Å²) in [4.78, 5) is 12.1. The van der Waals surface area contributed by atoms with E-state index in [9.17, 15) is 4.79 Å². The van der Waals surface area contributed by atoms with E-state index in [1.807, 2.05) is 39.0 Å². The molecule has 3 heteroatoms. The van der Waals surface area contributed by atoms with E-state index in [-0.39, 0.29) is 5.97 Å². The third-order valence-corrected chi connectivity index (χ3v) is 3.51. The van der Waals surface area contributed by atoms with Crippen LogP contribution in [0.4, 0.5) is 5.69 Å². The maximum absolute atomic E-state index is 12.1. The fourth-order valence-corrected chi connectivity index (χ4v) is 2.43. The zero-order valence-electron chi connectivity index (χ0n) is 14.1. The minimum absolute atomic E-state index is 0.370. The Morgan fingerprint density at radius 1 is 1.00 bits per heavy atom. The number of aryl methyl sites for hydroxylation is 2. The maximum Gasteiger partial charge on any atom is 0.340 e. The van der Waals surface area contributed by atoms with Gasteiger partial charge in [0.15, 0.2) is 0 Å². The first-order valence-electron chi connectivity index (χ1n) is 8.01. The fraction of sp³-hybridized carbons (Fsp3) is 0.350. The highest BCUT2D eigenvalue weighted by atomic mass is 16.6. The molecule has 23 heavy (non-hydrogen) atoms. The second-order valence-electron chi connectivity index (χ2n) is 6.76. The average Bonchev–Trinajstić information content (AvgIpc) is 2.46. The molecule has 0 amide bonds. The fourth-order valence-electron chi connectivity index (χ4n) is 2.43. The summed E-state index contributed by atoms with van der Waals surface area (Å²) in [5.74, 6) is -0.370. The monoisotopic (exact) mass is 311 g/mol. The van der Waals surface area contributed by atoms with Gasteiger partial charge in [0.05, 0.1) is 5.56 Å². The summed E-state index contributed by atoms with van der Waals surface area (Å²) in [6.07, 6.45) is 3.03. The molecule has 2 N–H and O–H groups in total. The third-order valence-electron chi connectivity index (χ3n) is 3.51. The van der Waals surface area contributed by atoms with Gasteiger partial charge in [0.1, 0.15) is 5.60 Å². The van der Waals surface area contributed by atoms with Crippen LogP contribution in [0.1, 0.15) is 48.7 Å². The van der Waals surface area contributed by atoms with Gasteiger partial charge in [-0.15, -0.1) is 0 Å². The van der Waals surface area contributed by atoms with Gasteiger partial charge in [0, 0.05) is 5.69 Å². The maximum atomic E-state index is 12.1. The van der Waals surface area contributed by atoms with E-state index in [1.54, 1.807) is 6.07 Å². The van der Waals surface area contributed by atoms with Gasteiger partial charge in [0.25, 0.3) is 0 Å². The normalized spacial score (nSPS) is 11.3. The van der Waals surface area contributed by atoms with Gasteiger partial charge in [-0.05, 0) is 63.3 Å². The highest BCUT2D eigenvalue weighted by molar-refractivity contribution is 5.95. The molecule has 0 aliphatic carbocycles. The number of hydrogen-bond donors (Lipinski definition) is 1. The number of anilines is 1. The van der Waals surface area contributed by atoms with Gasteiger partial charge in [-0.1, -0.05) is 36.4 Å². The lowest BCUT2D eigenvalue weighted by atomic mass is 10.0. The van der Waals surface area contributed by atoms with Crippen LogP contribution >= 0.6 is 0 Å². The molecule has 0 aliphatic heterocycles. The number of esters is 1. The van der Waals surface area contributed by atoms with Crippen molar-refractivity contribution in [1.29, 1.82) is 0 Å². The smallest absolute Gasteiger partial charge is 0.340 e. The summed E-state index contributed by atoms with van der Waals surface area (Å²) < 4.78 is 5.36. The van der Waals surface area contributed by atoms with Crippen LogP contribution in [-0.4, -0.2) is 11.6 Å². The van der Waals surface area contributed by atoms with Gasteiger partial charge >= 0.3 is 5.97 Å². The van der Waals surface area contributed by atoms with Crippen molar-refractivity contribution in [3.05, 3.63) is 65.2 Å².